The smallest absolute Gasteiger partial charge is 0.273 e. The summed E-state index contributed by atoms with van der Waals surface area (Å²) in [6.07, 6.45) is 1.94. The number of aliphatic hydroxyl groups is 1. The Hall–Kier alpha value is -1.69. The number of anilines is 1. The molecule has 0 spiro atoms. The number of aromatic nitrogens is 2. The molecule has 0 bridgehead atoms. The quantitative estimate of drug-likeness (QED) is 0.855. The molecule has 0 aliphatic carbocycles. The van der Waals surface area contributed by atoms with Gasteiger partial charge in [0.2, 0.25) is 0 Å². The predicted octanol–water partition coefficient (Wildman–Crippen LogP) is 0.387. The SMILES string of the molecule is CN(C)C(=O)c1ccc(N2CCC(CO)CC2)nn1. The van der Waals surface area contributed by atoms with Gasteiger partial charge in [-0.1, -0.05) is 0 Å². The van der Waals surface area contributed by atoms with Gasteiger partial charge in [-0.25, -0.2) is 0 Å². The number of aliphatic hydroxyl groups excluding tert-OH is 1. The molecule has 6 heteroatoms. The number of hydrogen-bond acceptors (Lipinski definition) is 5. The molecule has 2 heterocycles. The summed E-state index contributed by atoms with van der Waals surface area (Å²) >= 11 is 0. The lowest BCUT2D eigenvalue weighted by molar-refractivity contribution is 0.0821. The number of amides is 1. The molecule has 1 aliphatic heterocycles. The second-order valence-corrected chi connectivity index (χ2v) is 5.09. The lowest BCUT2D eigenvalue weighted by Crippen LogP contribution is -2.35. The third kappa shape index (κ3) is 3.20. The average Bonchev–Trinajstić information content (AvgIpc) is 2.46. The number of rotatable bonds is 3. The van der Waals surface area contributed by atoms with Crippen LogP contribution in [-0.2, 0) is 0 Å². The molecule has 0 aromatic carbocycles. The fourth-order valence-corrected chi connectivity index (χ4v) is 2.18. The lowest BCUT2D eigenvalue weighted by Gasteiger charge is -2.31. The van der Waals surface area contributed by atoms with Crippen molar-refractivity contribution in [3.63, 3.8) is 0 Å². The number of nitrogens with zero attached hydrogens (tertiary/aromatic N) is 4. The molecular formula is C13H20N4O2. The van der Waals surface area contributed by atoms with Crippen LogP contribution in [0.15, 0.2) is 12.1 Å². The van der Waals surface area contributed by atoms with Crippen LogP contribution < -0.4 is 4.90 Å². The van der Waals surface area contributed by atoms with Crippen molar-refractivity contribution in [2.24, 2.45) is 5.92 Å². The Kier molecular flexibility index (Phi) is 4.31. The van der Waals surface area contributed by atoms with Gasteiger partial charge in [-0.05, 0) is 30.9 Å². The summed E-state index contributed by atoms with van der Waals surface area (Å²) in [5, 5.41) is 17.2. The summed E-state index contributed by atoms with van der Waals surface area (Å²) in [4.78, 5) is 15.3. The summed E-state index contributed by atoms with van der Waals surface area (Å²) in [5.74, 6) is 1.06. The second kappa shape index (κ2) is 5.97. The fraction of sp³-hybridized carbons (Fsp3) is 0.615. The molecule has 1 aromatic heterocycles. The second-order valence-electron chi connectivity index (χ2n) is 5.09. The van der Waals surface area contributed by atoms with E-state index in [2.05, 4.69) is 15.1 Å². The summed E-state index contributed by atoms with van der Waals surface area (Å²) in [7, 11) is 3.38. The van der Waals surface area contributed by atoms with Crippen LogP contribution in [0.25, 0.3) is 0 Å². The zero-order valence-corrected chi connectivity index (χ0v) is 11.4. The first-order chi connectivity index (χ1) is 9.11. The van der Waals surface area contributed by atoms with Crippen molar-refractivity contribution in [1.29, 1.82) is 0 Å². The van der Waals surface area contributed by atoms with Crippen molar-refractivity contribution < 1.29 is 9.90 Å². The van der Waals surface area contributed by atoms with Crippen LogP contribution in [-0.4, -0.2) is 59.9 Å². The molecule has 19 heavy (non-hydrogen) atoms. The van der Waals surface area contributed by atoms with Crippen LogP contribution in [0.1, 0.15) is 23.3 Å². The maximum absolute atomic E-state index is 11.7. The van der Waals surface area contributed by atoms with Crippen LogP contribution >= 0.6 is 0 Å². The molecule has 1 N–H and O–H groups in total. The Balaban J connectivity index is 2.01. The number of carbonyl (C=O) groups excluding carboxylic acids is 1. The molecule has 0 radical (unpaired) electrons. The van der Waals surface area contributed by atoms with Gasteiger partial charge in [0.1, 0.15) is 0 Å². The van der Waals surface area contributed by atoms with E-state index in [9.17, 15) is 4.79 Å². The normalized spacial score (nSPS) is 16.5. The summed E-state index contributed by atoms with van der Waals surface area (Å²) in [6.45, 7) is 2.01. The van der Waals surface area contributed by atoms with E-state index in [1.165, 1.54) is 4.90 Å². The fourth-order valence-electron chi connectivity index (χ4n) is 2.18. The maximum Gasteiger partial charge on any atom is 0.273 e. The number of hydrogen-bond donors (Lipinski definition) is 1. The van der Waals surface area contributed by atoms with E-state index < -0.39 is 0 Å². The van der Waals surface area contributed by atoms with E-state index in [0.717, 1.165) is 31.7 Å². The van der Waals surface area contributed by atoms with Gasteiger partial charge in [0.15, 0.2) is 11.5 Å². The monoisotopic (exact) mass is 264 g/mol. The zero-order chi connectivity index (χ0) is 13.8. The van der Waals surface area contributed by atoms with E-state index in [0.29, 0.717) is 11.6 Å². The van der Waals surface area contributed by atoms with Gasteiger partial charge < -0.3 is 14.9 Å². The molecular weight excluding hydrogens is 244 g/mol. The topological polar surface area (TPSA) is 69.6 Å². The van der Waals surface area contributed by atoms with Crippen LogP contribution in [0.5, 0.6) is 0 Å². The van der Waals surface area contributed by atoms with E-state index in [1.54, 1.807) is 20.2 Å². The summed E-state index contributed by atoms with van der Waals surface area (Å²) in [6, 6.07) is 3.55. The highest BCUT2D eigenvalue weighted by Crippen LogP contribution is 2.20. The Labute approximate surface area is 113 Å². The molecule has 1 fully saturated rings. The van der Waals surface area contributed by atoms with Crippen molar-refractivity contribution in [3.05, 3.63) is 17.8 Å². The van der Waals surface area contributed by atoms with E-state index >= 15 is 0 Å². The minimum Gasteiger partial charge on any atom is -0.396 e. The summed E-state index contributed by atoms with van der Waals surface area (Å²) in [5.41, 5.74) is 0.360. The molecule has 1 aliphatic rings. The number of carbonyl (C=O) groups is 1. The molecule has 1 aromatic rings. The maximum atomic E-state index is 11.7. The Morgan fingerprint density at radius 1 is 1.37 bits per heavy atom. The molecule has 1 amide bonds. The third-order valence-electron chi connectivity index (χ3n) is 3.47. The van der Waals surface area contributed by atoms with Crippen molar-refractivity contribution >= 4 is 11.7 Å². The lowest BCUT2D eigenvalue weighted by atomic mass is 9.98. The average molecular weight is 264 g/mol. The van der Waals surface area contributed by atoms with Crippen LogP contribution in [0.2, 0.25) is 0 Å². The molecule has 1 saturated heterocycles. The molecule has 104 valence electrons. The third-order valence-corrected chi connectivity index (χ3v) is 3.47. The first-order valence-corrected chi connectivity index (χ1v) is 6.53. The molecule has 0 atom stereocenters. The van der Waals surface area contributed by atoms with Crippen LogP contribution in [0.3, 0.4) is 0 Å². The van der Waals surface area contributed by atoms with Gasteiger partial charge in [-0.3, -0.25) is 4.79 Å². The Morgan fingerprint density at radius 3 is 2.53 bits per heavy atom. The van der Waals surface area contributed by atoms with E-state index in [-0.39, 0.29) is 12.5 Å². The van der Waals surface area contributed by atoms with Gasteiger partial charge in [-0.15, -0.1) is 10.2 Å². The first kappa shape index (κ1) is 13.7. The molecule has 0 unspecified atom stereocenters. The van der Waals surface area contributed by atoms with E-state index in [4.69, 9.17) is 5.11 Å². The zero-order valence-electron chi connectivity index (χ0n) is 11.4. The number of piperidine rings is 1. The standard InChI is InChI=1S/C13H20N4O2/c1-16(2)13(19)11-3-4-12(15-14-11)17-7-5-10(9-18)6-8-17/h3-4,10,18H,5-9H2,1-2H3. The van der Waals surface area contributed by atoms with Crippen molar-refractivity contribution in [3.8, 4) is 0 Å². The highest BCUT2D eigenvalue weighted by atomic mass is 16.3. The highest BCUT2D eigenvalue weighted by Gasteiger charge is 2.20. The van der Waals surface area contributed by atoms with Gasteiger partial charge in [0.25, 0.3) is 5.91 Å². The predicted molar refractivity (Wildman–Crippen MR) is 72.1 cm³/mol. The molecule has 6 nitrogen and oxygen atoms in total. The van der Waals surface area contributed by atoms with Gasteiger partial charge in [-0.2, -0.15) is 0 Å². The Bertz CT molecular complexity index is 425. The van der Waals surface area contributed by atoms with E-state index in [1.807, 2.05) is 6.07 Å². The van der Waals surface area contributed by atoms with Gasteiger partial charge in [0, 0.05) is 33.8 Å². The van der Waals surface area contributed by atoms with Crippen LogP contribution in [0.4, 0.5) is 5.82 Å². The van der Waals surface area contributed by atoms with Gasteiger partial charge >= 0.3 is 0 Å². The minimum absolute atomic E-state index is 0.141. The van der Waals surface area contributed by atoms with Crippen molar-refractivity contribution in [2.75, 3.05) is 38.7 Å². The highest BCUT2D eigenvalue weighted by molar-refractivity contribution is 5.91. The molecule has 2 rings (SSSR count). The minimum atomic E-state index is -0.141. The van der Waals surface area contributed by atoms with Crippen molar-refractivity contribution in [1.82, 2.24) is 15.1 Å². The first-order valence-electron chi connectivity index (χ1n) is 6.53. The van der Waals surface area contributed by atoms with Crippen molar-refractivity contribution in [2.45, 2.75) is 12.8 Å². The molecule has 0 saturated carbocycles. The summed E-state index contributed by atoms with van der Waals surface area (Å²) < 4.78 is 0. The van der Waals surface area contributed by atoms with Gasteiger partial charge in [0.05, 0.1) is 0 Å². The largest absolute Gasteiger partial charge is 0.396 e. The van der Waals surface area contributed by atoms with Crippen LogP contribution in [0, 0.1) is 5.92 Å². The Morgan fingerprint density at radius 2 is 2.05 bits per heavy atom.